The molecule has 1 aromatic carbocycles. The van der Waals surface area contributed by atoms with Gasteiger partial charge in [-0.15, -0.1) is 10.2 Å². The lowest BCUT2D eigenvalue weighted by molar-refractivity contribution is -0.122. The standard InChI is InChI=1S/C18H27N5O/c1-4-6-7-15(5-2)12-19-17(24)13-23-21-18(20-22-23)16-10-8-14(3)9-11-16/h8-11,15H,4-7,12-13H2,1-3H3,(H,19,24)/t15-/m1/s1. The summed E-state index contributed by atoms with van der Waals surface area (Å²) in [5, 5.41) is 15.3. The second-order valence-corrected chi connectivity index (χ2v) is 6.23. The summed E-state index contributed by atoms with van der Waals surface area (Å²) in [6.45, 7) is 7.20. The van der Waals surface area contributed by atoms with E-state index in [9.17, 15) is 4.79 Å². The van der Waals surface area contributed by atoms with Gasteiger partial charge in [-0.1, -0.05) is 62.9 Å². The lowest BCUT2D eigenvalue weighted by atomic mass is 9.99. The number of amides is 1. The number of aryl methyl sites for hydroxylation is 1. The van der Waals surface area contributed by atoms with Crippen molar-refractivity contribution in [3.63, 3.8) is 0 Å². The fourth-order valence-corrected chi connectivity index (χ4v) is 2.51. The molecule has 0 saturated heterocycles. The number of unbranched alkanes of at least 4 members (excludes halogenated alkanes) is 1. The smallest absolute Gasteiger partial charge is 0.243 e. The highest BCUT2D eigenvalue weighted by Crippen LogP contribution is 2.14. The van der Waals surface area contributed by atoms with Gasteiger partial charge in [0, 0.05) is 12.1 Å². The van der Waals surface area contributed by atoms with Crippen molar-refractivity contribution in [2.24, 2.45) is 5.92 Å². The molecule has 1 heterocycles. The highest BCUT2D eigenvalue weighted by Gasteiger charge is 2.11. The Kier molecular flexibility index (Phi) is 6.90. The molecule has 1 atom stereocenters. The molecule has 0 radical (unpaired) electrons. The van der Waals surface area contributed by atoms with Crippen LogP contribution in [-0.4, -0.2) is 32.7 Å². The van der Waals surface area contributed by atoms with E-state index in [4.69, 9.17) is 0 Å². The minimum Gasteiger partial charge on any atom is -0.354 e. The first-order chi connectivity index (χ1) is 11.6. The zero-order valence-electron chi connectivity index (χ0n) is 14.8. The third-order valence-electron chi connectivity index (χ3n) is 4.18. The first-order valence-corrected chi connectivity index (χ1v) is 8.73. The van der Waals surface area contributed by atoms with Gasteiger partial charge in [-0.2, -0.15) is 4.80 Å². The fourth-order valence-electron chi connectivity index (χ4n) is 2.51. The molecule has 0 unspecified atom stereocenters. The second kappa shape index (κ2) is 9.15. The number of rotatable bonds is 9. The van der Waals surface area contributed by atoms with Gasteiger partial charge in [-0.05, 0) is 24.5 Å². The highest BCUT2D eigenvalue weighted by molar-refractivity contribution is 5.75. The van der Waals surface area contributed by atoms with Crippen LogP contribution in [0.25, 0.3) is 11.4 Å². The number of hydrogen-bond acceptors (Lipinski definition) is 4. The molecule has 6 heteroatoms. The number of nitrogens with zero attached hydrogens (tertiary/aromatic N) is 4. The topological polar surface area (TPSA) is 72.7 Å². The Morgan fingerprint density at radius 1 is 1.25 bits per heavy atom. The van der Waals surface area contributed by atoms with E-state index in [2.05, 4.69) is 34.6 Å². The van der Waals surface area contributed by atoms with Crippen molar-refractivity contribution in [3.05, 3.63) is 29.8 Å². The van der Waals surface area contributed by atoms with E-state index in [0.717, 1.165) is 24.9 Å². The van der Waals surface area contributed by atoms with E-state index >= 15 is 0 Å². The number of carbonyl (C=O) groups excluding carboxylic acids is 1. The van der Waals surface area contributed by atoms with Gasteiger partial charge < -0.3 is 5.32 Å². The van der Waals surface area contributed by atoms with Gasteiger partial charge in [0.15, 0.2) is 0 Å². The van der Waals surface area contributed by atoms with Crippen LogP contribution in [-0.2, 0) is 11.3 Å². The van der Waals surface area contributed by atoms with E-state index in [1.165, 1.54) is 23.2 Å². The van der Waals surface area contributed by atoms with Crippen LogP contribution >= 0.6 is 0 Å². The maximum absolute atomic E-state index is 12.1. The molecule has 24 heavy (non-hydrogen) atoms. The molecule has 2 rings (SSSR count). The van der Waals surface area contributed by atoms with Crippen LogP contribution in [0, 0.1) is 12.8 Å². The van der Waals surface area contributed by atoms with Crippen molar-refractivity contribution in [2.45, 2.75) is 53.0 Å². The van der Waals surface area contributed by atoms with Gasteiger partial charge in [0.2, 0.25) is 11.7 Å². The molecule has 1 amide bonds. The first-order valence-electron chi connectivity index (χ1n) is 8.73. The van der Waals surface area contributed by atoms with Crippen molar-refractivity contribution in [2.75, 3.05) is 6.54 Å². The Bertz CT molecular complexity index is 635. The summed E-state index contributed by atoms with van der Waals surface area (Å²) < 4.78 is 0. The van der Waals surface area contributed by atoms with E-state index in [1.807, 2.05) is 31.2 Å². The SMILES string of the molecule is CCCC[C@@H](CC)CNC(=O)Cn1nnc(-c2ccc(C)cc2)n1. The van der Waals surface area contributed by atoms with E-state index in [-0.39, 0.29) is 12.5 Å². The van der Waals surface area contributed by atoms with Gasteiger partial charge in [0.1, 0.15) is 6.54 Å². The molecule has 0 fully saturated rings. The molecule has 2 aromatic rings. The van der Waals surface area contributed by atoms with Gasteiger partial charge in [-0.25, -0.2) is 0 Å². The summed E-state index contributed by atoms with van der Waals surface area (Å²) in [5.74, 6) is 1.01. The largest absolute Gasteiger partial charge is 0.354 e. The molecule has 1 N–H and O–H groups in total. The minimum atomic E-state index is -0.0715. The summed E-state index contributed by atoms with van der Waals surface area (Å²) in [4.78, 5) is 13.4. The molecule has 0 aliphatic rings. The molecule has 0 bridgehead atoms. The Hall–Kier alpha value is -2.24. The molecule has 1 aromatic heterocycles. The molecule has 130 valence electrons. The van der Waals surface area contributed by atoms with Gasteiger partial charge in [0.25, 0.3) is 0 Å². The Balaban J connectivity index is 1.85. The van der Waals surface area contributed by atoms with Crippen LogP contribution in [0.4, 0.5) is 0 Å². The predicted molar refractivity (Wildman–Crippen MR) is 94.3 cm³/mol. The highest BCUT2D eigenvalue weighted by atomic mass is 16.2. The number of nitrogens with one attached hydrogen (secondary N) is 1. The number of aromatic nitrogens is 4. The zero-order chi connectivity index (χ0) is 17.4. The summed E-state index contributed by atoms with van der Waals surface area (Å²) in [5.41, 5.74) is 2.08. The number of carbonyl (C=O) groups is 1. The molecule has 6 nitrogen and oxygen atoms in total. The van der Waals surface area contributed by atoms with Crippen LogP contribution in [0.15, 0.2) is 24.3 Å². The third kappa shape index (κ3) is 5.44. The van der Waals surface area contributed by atoms with Crippen molar-refractivity contribution in [1.29, 1.82) is 0 Å². The monoisotopic (exact) mass is 329 g/mol. The average molecular weight is 329 g/mol. The molecule has 0 saturated carbocycles. The summed E-state index contributed by atoms with van der Waals surface area (Å²) >= 11 is 0. The van der Waals surface area contributed by atoms with Crippen molar-refractivity contribution >= 4 is 5.91 Å². The lowest BCUT2D eigenvalue weighted by Crippen LogP contribution is -2.32. The minimum absolute atomic E-state index is 0.0715. The number of tetrazole rings is 1. The number of benzene rings is 1. The zero-order valence-corrected chi connectivity index (χ0v) is 14.8. The van der Waals surface area contributed by atoms with Gasteiger partial charge in [0.05, 0.1) is 0 Å². The van der Waals surface area contributed by atoms with Crippen LogP contribution < -0.4 is 5.32 Å². The average Bonchev–Trinajstić information content (AvgIpc) is 3.04. The Morgan fingerprint density at radius 3 is 2.67 bits per heavy atom. The van der Waals surface area contributed by atoms with Crippen molar-refractivity contribution < 1.29 is 4.79 Å². The van der Waals surface area contributed by atoms with Crippen LogP contribution in [0.1, 0.15) is 45.1 Å². The predicted octanol–water partition coefficient (Wildman–Crippen LogP) is 2.98. The quantitative estimate of drug-likeness (QED) is 0.767. The molecular formula is C18H27N5O. The lowest BCUT2D eigenvalue weighted by Gasteiger charge is -2.14. The van der Waals surface area contributed by atoms with Crippen molar-refractivity contribution in [3.8, 4) is 11.4 Å². The molecule has 0 aliphatic heterocycles. The van der Waals surface area contributed by atoms with Gasteiger partial charge in [-0.3, -0.25) is 4.79 Å². The van der Waals surface area contributed by atoms with Crippen molar-refractivity contribution in [1.82, 2.24) is 25.5 Å². The Labute approximate surface area is 143 Å². The van der Waals surface area contributed by atoms with Crippen LogP contribution in [0.5, 0.6) is 0 Å². The molecule has 0 aliphatic carbocycles. The third-order valence-corrected chi connectivity index (χ3v) is 4.18. The number of hydrogen-bond donors (Lipinski definition) is 1. The van der Waals surface area contributed by atoms with E-state index in [0.29, 0.717) is 11.7 Å². The maximum atomic E-state index is 12.1. The summed E-state index contributed by atoms with van der Waals surface area (Å²) in [6, 6.07) is 7.92. The van der Waals surface area contributed by atoms with E-state index in [1.54, 1.807) is 0 Å². The van der Waals surface area contributed by atoms with E-state index < -0.39 is 0 Å². The maximum Gasteiger partial charge on any atom is 0.243 e. The molecule has 0 spiro atoms. The normalized spacial score (nSPS) is 12.1. The second-order valence-electron chi connectivity index (χ2n) is 6.23. The van der Waals surface area contributed by atoms with Gasteiger partial charge >= 0.3 is 0 Å². The Morgan fingerprint density at radius 2 is 2.00 bits per heavy atom. The van der Waals surface area contributed by atoms with Crippen LogP contribution in [0.3, 0.4) is 0 Å². The summed E-state index contributed by atoms with van der Waals surface area (Å²) in [6.07, 6.45) is 4.64. The first kappa shape index (κ1) is 18.1. The fraction of sp³-hybridized carbons (Fsp3) is 0.556. The summed E-state index contributed by atoms with van der Waals surface area (Å²) in [7, 11) is 0. The van der Waals surface area contributed by atoms with Crippen LogP contribution in [0.2, 0.25) is 0 Å². The molecular weight excluding hydrogens is 302 g/mol.